The largest absolute Gasteiger partial charge is 0.359 e. The lowest BCUT2D eigenvalue weighted by Gasteiger charge is -1.96. The summed E-state index contributed by atoms with van der Waals surface area (Å²) in [5.41, 5.74) is 0. The lowest BCUT2D eigenvalue weighted by atomic mass is 10.4. The number of hydrogen-bond acceptors (Lipinski definition) is 3. The Bertz CT molecular complexity index is 235. The number of rotatable bonds is 2. The minimum absolute atomic E-state index is 0.0730. The SMILES string of the molecule is CNC(=O)Cc1ncccn1. The molecule has 1 heterocycles. The van der Waals surface area contributed by atoms with Gasteiger partial charge in [-0.05, 0) is 6.07 Å². The Morgan fingerprint density at radius 2 is 2.18 bits per heavy atom. The minimum Gasteiger partial charge on any atom is -0.359 e. The molecule has 0 radical (unpaired) electrons. The standard InChI is InChI=1S/C7H9N3O/c1-8-7(11)5-6-9-3-2-4-10-6/h2-4H,5H2,1H3,(H,8,11). The average molecular weight is 151 g/mol. The number of aromatic nitrogens is 2. The molecule has 1 N–H and O–H groups in total. The molecule has 4 nitrogen and oxygen atoms in total. The molecule has 0 aliphatic heterocycles. The Morgan fingerprint density at radius 3 is 2.73 bits per heavy atom. The molecule has 4 heteroatoms. The smallest absolute Gasteiger partial charge is 0.227 e. The first-order valence-electron chi connectivity index (χ1n) is 3.29. The van der Waals surface area contributed by atoms with Gasteiger partial charge in [0.1, 0.15) is 5.82 Å². The molecule has 11 heavy (non-hydrogen) atoms. The van der Waals surface area contributed by atoms with Crippen molar-refractivity contribution in [3.8, 4) is 0 Å². The molecule has 1 amide bonds. The van der Waals surface area contributed by atoms with Crippen LogP contribution in [-0.2, 0) is 11.2 Å². The second kappa shape index (κ2) is 3.65. The third kappa shape index (κ3) is 2.33. The highest BCUT2D eigenvalue weighted by atomic mass is 16.1. The number of nitrogens with zero attached hydrogens (tertiary/aromatic N) is 2. The highest BCUT2D eigenvalue weighted by molar-refractivity contribution is 5.77. The normalized spacial score (nSPS) is 9.18. The Hall–Kier alpha value is -1.45. The number of hydrogen-bond donors (Lipinski definition) is 1. The van der Waals surface area contributed by atoms with E-state index < -0.39 is 0 Å². The topological polar surface area (TPSA) is 54.9 Å². The monoisotopic (exact) mass is 151 g/mol. The van der Waals surface area contributed by atoms with Crippen molar-refractivity contribution in [2.45, 2.75) is 6.42 Å². The summed E-state index contributed by atoms with van der Waals surface area (Å²) in [6, 6.07) is 1.72. The first-order chi connectivity index (χ1) is 5.33. The van der Waals surface area contributed by atoms with Crippen molar-refractivity contribution in [2.75, 3.05) is 7.05 Å². The molecule has 0 spiro atoms. The fraction of sp³-hybridized carbons (Fsp3) is 0.286. The average Bonchev–Trinajstić information content (AvgIpc) is 2.06. The van der Waals surface area contributed by atoms with Gasteiger partial charge in [0.2, 0.25) is 5.91 Å². The van der Waals surface area contributed by atoms with Crippen LogP contribution in [-0.4, -0.2) is 22.9 Å². The van der Waals surface area contributed by atoms with Crippen molar-refractivity contribution in [1.29, 1.82) is 0 Å². The molecule has 0 aliphatic rings. The van der Waals surface area contributed by atoms with E-state index in [1.54, 1.807) is 25.5 Å². The van der Waals surface area contributed by atoms with E-state index in [0.717, 1.165) is 0 Å². The molecule has 0 bridgehead atoms. The quantitative estimate of drug-likeness (QED) is 0.635. The second-order valence-corrected chi connectivity index (χ2v) is 2.01. The van der Waals surface area contributed by atoms with E-state index in [1.165, 1.54) is 0 Å². The molecule has 1 aromatic rings. The van der Waals surface area contributed by atoms with E-state index in [0.29, 0.717) is 5.82 Å². The van der Waals surface area contributed by atoms with Crippen LogP contribution in [0.5, 0.6) is 0 Å². The van der Waals surface area contributed by atoms with Crippen LogP contribution in [0.4, 0.5) is 0 Å². The molecule has 58 valence electrons. The molecule has 0 atom stereocenters. The van der Waals surface area contributed by atoms with Gasteiger partial charge in [-0.15, -0.1) is 0 Å². The molecule has 1 aromatic heterocycles. The molecule has 0 fully saturated rings. The van der Waals surface area contributed by atoms with Crippen LogP contribution < -0.4 is 5.32 Å². The number of carbonyl (C=O) groups is 1. The molecular formula is C7H9N3O. The van der Waals surface area contributed by atoms with Crippen LogP contribution in [0.25, 0.3) is 0 Å². The van der Waals surface area contributed by atoms with E-state index in [-0.39, 0.29) is 12.3 Å². The fourth-order valence-electron chi connectivity index (χ4n) is 0.653. The molecule has 0 unspecified atom stereocenters. The van der Waals surface area contributed by atoms with Crippen LogP contribution in [0.1, 0.15) is 5.82 Å². The first kappa shape index (κ1) is 7.65. The van der Waals surface area contributed by atoms with Gasteiger partial charge >= 0.3 is 0 Å². The summed E-state index contributed by atoms with van der Waals surface area (Å²) in [5, 5.41) is 2.49. The highest BCUT2D eigenvalue weighted by Crippen LogP contribution is 1.87. The highest BCUT2D eigenvalue weighted by Gasteiger charge is 2.00. The minimum atomic E-state index is -0.0730. The van der Waals surface area contributed by atoms with Crippen LogP contribution in [0, 0.1) is 0 Å². The summed E-state index contributed by atoms with van der Waals surface area (Å²) >= 11 is 0. The molecule has 1 rings (SSSR count). The van der Waals surface area contributed by atoms with Crippen LogP contribution in [0.2, 0.25) is 0 Å². The Kier molecular flexibility index (Phi) is 2.54. The summed E-state index contributed by atoms with van der Waals surface area (Å²) in [4.78, 5) is 18.6. The predicted molar refractivity (Wildman–Crippen MR) is 39.8 cm³/mol. The van der Waals surface area contributed by atoms with Gasteiger partial charge in [0, 0.05) is 19.4 Å². The van der Waals surface area contributed by atoms with Gasteiger partial charge in [-0.1, -0.05) is 0 Å². The Labute approximate surface area is 64.7 Å². The maximum Gasteiger partial charge on any atom is 0.227 e. The molecular weight excluding hydrogens is 142 g/mol. The Morgan fingerprint density at radius 1 is 1.55 bits per heavy atom. The first-order valence-corrected chi connectivity index (χ1v) is 3.29. The third-order valence-corrected chi connectivity index (χ3v) is 1.22. The van der Waals surface area contributed by atoms with Crippen LogP contribution in [0.15, 0.2) is 18.5 Å². The summed E-state index contributed by atoms with van der Waals surface area (Å²) < 4.78 is 0. The van der Waals surface area contributed by atoms with Gasteiger partial charge in [0.05, 0.1) is 6.42 Å². The number of amides is 1. The summed E-state index contributed by atoms with van der Waals surface area (Å²) in [6.07, 6.45) is 3.48. The van der Waals surface area contributed by atoms with E-state index in [1.807, 2.05) is 0 Å². The lowest BCUT2D eigenvalue weighted by Crippen LogP contribution is -2.20. The summed E-state index contributed by atoms with van der Waals surface area (Å²) in [6.45, 7) is 0. The van der Waals surface area contributed by atoms with Crippen LogP contribution >= 0.6 is 0 Å². The van der Waals surface area contributed by atoms with Crippen molar-refractivity contribution in [3.05, 3.63) is 24.3 Å². The van der Waals surface area contributed by atoms with Crippen molar-refractivity contribution in [1.82, 2.24) is 15.3 Å². The van der Waals surface area contributed by atoms with Gasteiger partial charge in [-0.25, -0.2) is 9.97 Å². The maximum atomic E-state index is 10.8. The third-order valence-electron chi connectivity index (χ3n) is 1.22. The fourth-order valence-corrected chi connectivity index (χ4v) is 0.653. The van der Waals surface area contributed by atoms with Gasteiger partial charge in [0.15, 0.2) is 0 Å². The summed E-state index contributed by atoms with van der Waals surface area (Å²) in [7, 11) is 1.59. The predicted octanol–water partition coefficient (Wildman–Crippen LogP) is -0.235. The lowest BCUT2D eigenvalue weighted by molar-refractivity contribution is -0.120. The van der Waals surface area contributed by atoms with Gasteiger partial charge in [-0.3, -0.25) is 4.79 Å². The van der Waals surface area contributed by atoms with E-state index in [9.17, 15) is 4.79 Å². The molecule has 0 aromatic carbocycles. The maximum absolute atomic E-state index is 10.8. The Balaban J connectivity index is 2.58. The zero-order valence-electron chi connectivity index (χ0n) is 6.24. The van der Waals surface area contributed by atoms with Crippen molar-refractivity contribution in [2.24, 2.45) is 0 Å². The van der Waals surface area contributed by atoms with E-state index in [4.69, 9.17) is 0 Å². The zero-order chi connectivity index (χ0) is 8.10. The number of carbonyl (C=O) groups excluding carboxylic acids is 1. The van der Waals surface area contributed by atoms with Crippen molar-refractivity contribution < 1.29 is 4.79 Å². The van der Waals surface area contributed by atoms with E-state index >= 15 is 0 Å². The van der Waals surface area contributed by atoms with Crippen molar-refractivity contribution in [3.63, 3.8) is 0 Å². The summed E-state index contributed by atoms with van der Waals surface area (Å²) in [5.74, 6) is 0.475. The van der Waals surface area contributed by atoms with Gasteiger partial charge in [0.25, 0.3) is 0 Å². The van der Waals surface area contributed by atoms with Crippen molar-refractivity contribution >= 4 is 5.91 Å². The van der Waals surface area contributed by atoms with Gasteiger partial charge < -0.3 is 5.32 Å². The zero-order valence-corrected chi connectivity index (χ0v) is 6.24. The molecule has 0 aliphatic carbocycles. The second-order valence-electron chi connectivity index (χ2n) is 2.01. The van der Waals surface area contributed by atoms with Gasteiger partial charge in [-0.2, -0.15) is 0 Å². The number of likely N-dealkylation sites (N-methyl/N-ethyl adjacent to an activating group) is 1. The van der Waals surface area contributed by atoms with E-state index in [2.05, 4.69) is 15.3 Å². The molecule has 0 saturated heterocycles. The number of nitrogens with one attached hydrogen (secondary N) is 1. The van der Waals surface area contributed by atoms with Crippen LogP contribution in [0.3, 0.4) is 0 Å². The molecule has 0 saturated carbocycles.